The molecule has 4 N–H and O–H groups in total. The number of amides is 1. The molecule has 3 heterocycles. The first-order chi connectivity index (χ1) is 14.5. The summed E-state index contributed by atoms with van der Waals surface area (Å²) >= 11 is 0. The molecule has 4 atom stereocenters. The lowest BCUT2D eigenvalue weighted by Gasteiger charge is -2.11. The van der Waals surface area contributed by atoms with E-state index in [-0.39, 0.29) is 5.91 Å². The standard InChI is InChI=1S/C20H21N5O5/c1-24-18(21-11-22-24)12-4-6-14(7-5-12)23-19(29)13-3-2-8-25(9-13)20-17(28)16(27)15(10-26)30-20/h2-9,11,15-17,20,26-28H,10H2,1H3/p+1/t15-,16-,17-,20-/m1/s1. The number of benzene rings is 1. The van der Waals surface area contributed by atoms with Crippen molar-refractivity contribution in [3.8, 4) is 11.4 Å². The van der Waals surface area contributed by atoms with Crippen molar-refractivity contribution < 1.29 is 29.4 Å². The summed E-state index contributed by atoms with van der Waals surface area (Å²) in [7, 11) is 1.80. The third kappa shape index (κ3) is 3.81. The largest absolute Gasteiger partial charge is 0.394 e. The van der Waals surface area contributed by atoms with Gasteiger partial charge in [0.1, 0.15) is 24.1 Å². The number of rotatable bonds is 5. The van der Waals surface area contributed by atoms with Gasteiger partial charge in [-0.2, -0.15) is 9.67 Å². The summed E-state index contributed by atoms with van der Waals surface area (Å²) in [6.07, 6.45) is 0.382. The molecule has 1 fully saturated rings. The van der Waals surface area contributed by atoms with Crippen LogP contribution in [0.5, 0.6) is 0 Å². The number of carbonyl (C=O) groups is 1. The smallest absolute Gasteiger partial charge is 0.292 e. The van der Waals surface area contributed by atoms with Crippen LogP contribution in [0, 0.1) is 0 Å². The Morgan fingerprint density at radius 3 is 2.63 bits per heavy atom. The topological polar surface area (TPSA) is 134 Å². The van der Waals surface area contributed by atoms with Gasteiger partial charge >= 0.3 is 0 Å². The number of aliphatic hydroxyl groups is 3. The van der Waals surface area contributed by atoms with Gasteiger partial charge in [0, 0.05) is 24.4 Å². The first-order valence-corrected chi connectivity index (χ1v) is 9.37. The van der Waals surface area contributed by atoms with Crippen LogP contribution in [0.4, 0.5) is 5.69 Å². The van der Waals surface area contributed by atoms with E-state index < -0.39 is 31.1 Å². The van der Waals surface area contributed by atoms with E-state index >= 15 is 0 Å². The van der Waals surface area contributed by atoms with Crippen molar-refractivity contribution in [3.05, 3.63) is 60.7 Å². The molecule has 2 aromatic heterocycles. The number of hydrogen-bond acceptors (Lipinski definition) is 7. The lowest BCUT2D eigenvalue weighted by atomic mass is 10.1. The van der Waals surface area contributed by atoms with Crippen LogP contribution >= 0.6 is 0 Å². The molecule has 1 aliphatic heterocycles. The summed E-state index contributed by atoms with van der Waals surface area (Å²) in [4.78, 5) is 16.9. The van der Waals surface area contributed by atoms with Gasteiger partial charge in [-0.25, -0.2) is 9.67 Å². The second-order valence-electron chi connectivity index (χ2n) is 7.01. The molecule has 156 valence electrons. The Morgan fingerprint density at radius 2 is 2.00 bits per heavy atom. The molecule has 4 rings (SSSR count). The Hall–Kier alpha value is -3.18. The van der Waals surface area contributed by atoms with Crippen molar-refractivity contribution in [3.63, 3.8) is 0 Å². The number of ether oxygens (including phenoxy) is 1. The van der Waals surface area contributed by atoms with Gasteiger partial charge in [0.2, 0.25) is 0 Å². The van der Waals surface area contributed by atoms with Gasteiger partial charge in [0.05, 0.1) is 6.61 Å². The third-order valence-corrected chi connectivity index (χ3v) is 5.01. The van der Waals surface area contributed by atoms with E-state index in [4.69, 9.17) is 4.74 Å². The fraction of sp³-hybridized carbons (Fsp3) is 0.300. The predicted octanol–water partition coefficient (Wildman–Crippen LogP) is -0.367. The lowest BCUT2D eigenvalue weighted by molar-refractivity contribution is -0.765. The minimum atomic E-state index is -1.22. The summed E-state index contributed by atoms with van der Waals surface area (Å²) in [5.74, 6) is 0.373. The predicted molar refractivity (Wildman–Crippen MR) is 104 cm³/mol. The van der Waals surface area contributed by atoms with Crippen LogP contribution in [0.1, 0.15) is 16.6 Å². The highest BCUT2D eigenvalue weighted by Crippen LogP contribution is 2.25. The average molecular weight is 412 g/mol. The molecule has 0 unspecified atom stereocenters. The zero-order chi connectivity index (χ0) is 21.3. The summed E-state index contributed by atoms with van der Waals surface area (Å²) in [5.41, 5.74) is 1.82. The van der Waals surface area contributed by atoms with Gasteiger partial charge in [-0.1, -0.05) is 0 Å². The fourth-order valence-corrected chi connectivity index (χ4v) is 3.38. The molecular formula is C20H22N5O5+. The molecule has 0 aliphatic carbocycles. The van der Waals surface area contributed by atoms with Crippen LogP contribution < -0.4 is 9.88 Å². The van der Waals surface area contributed by atoms with Gasteiger partial charge in [0.25, 0.3) is 12.1 Å². The monoisotopic (exact) mass is 412 g/mol. The maximum Gasteiger partial charge on any atom is 0.292 e. The number of anilines is 1. The number of nitrogens with one attached hydrogen (secondary N) is 1. The van der Waals surface area contributed by atoms with Crippen LogP contribution in [0.15, 0.2) is 55.1 Å². The molecule has 1 aliphatic rings. The Kier molecular flexibility index (Phi) is 5.55. The second kappa shape index (κ2) is 8.28. The van der Waals surface area contributed by atoms with E-state index in [1.54, 1.807) is 42.2 Å². The molecule has 1 saturated heterocycles. The van der Waals surface area contributed by atoms with Crippen LogP contribution in [0.25, 0.3) is 11.4 Å². The number of aryl methyl sites for hydroxylation is 1. The number of aliphatic hydroxyl groups excluding tert-OH is 3. The summed E-state index contributed by atoms with van der Waals surface area (Å²) in [5, 5.41) is 36.2. The SMILES string of the molecule is Cn1ncnc1-c1ccc(NC(=O)c2ccc[n+]([C@@H]3O[C@H](CO)[C@@H](O)[C@H]3O)c2)cc1. The molecule has 0 radical (unpaired) electrons. The highest BCUT2D eigenvalue weighted by atomic mass is 16.6. The minimum absolute atomic E-state index is 0.340. The molecular weight excluding hydrogens is 390 g/mol. The Labute approximate surface area is 172 Å². The molecule has 30 heavy (non-hydrogen) atoms. The molecule has 1 aromatic carbocycles. The Bertz CT molecular complexity index is 1040. The Morgan fingerprint density at radius 1 is 1.23 bits per heavy atom. The molecule has 1 amide bonds. The number of pyridine rings is 1. The average Bonchev–Trinajstić information content (AvgIpc) is 3.32. The van der Waals surface area contributed by atoms with Gasteiger partial charge in [-0.15, -0.1) is 0 Å². The fourth-order valence-electron chi connectivity index (χ4n) is 3.38. The van der Waals surface area contributed by atoms with Gasteiger partial charge in [0.15, 0.2) is 24.3 Å². The lowest BCUT2D eigenvalue weighted by Crippen LogP contribution is -2.46. The summed E-state index contributed by atoms with van der Waals surface area (Å²) in [6, 6.07) is 10.5. The van der Waals surface area contributed by atoms with E-state index in [2.05, 4.69) is 15.4 Å². The Balaban J connectivity index is 1.48. The zero-order valence-corrected chi connectivity index (χ0v) is 16.2. The molecule has 0 saturated carbocycles. The van der Waals surface area contributed by atoms with Crippen molar-refractivity contribution in [2.45, 2.75) is 24.5 Å². The number of carbonyl (C=O) groups excluding carboxylic acids is 1. The minimum Gasteiger partial charge on any atom is -0.394 e. The first kappa shape index (κ1) is 20.1. The normalized spacial score (nSPS) is 23.5. The summed E-state index contributed by atoms with van der Waals surface area (Å²) < 4.78 is 8.66. The van der Waals surface area contributed by atoms with Crippen molar-refractivity contribution in [2.75, 3.05) is 11.9 Å². The van der Waals surface area contributed by atoms with Gasteiger partial charge in [-0.3, -0.25) is 4.79 Å². The second-order valence-corrected chi connectivity index (χ2v) is 7.01. The molecule has 10 heteroatoms. The van der Waals surface area contributed by atoms with Crippen LogP contribution in [0.2, 0.25) is 0 Å². The molecule has 0 bridgehead atoms. The van der Waals surface area contributed by atoms with Crippen molar-refractivity contribution in [1.29, 1.82) is 0 Å². The van der Waals surface area contributed by atoms with Gasteiger partial charge in [-0.05, 0) is 30.3 Å². The van der Waals surface area contributed by atoms with Crippen molar-refractivity contribution >= 4 is 11.6 Å². The van der Waals surface area contributed by atoms with Crippen LogP contribution in [-0.4, -0.2) is 60.9 Å². The maximum atomic E-state index is 12.7. The molecule has 0 spiro atoms. The number of nitrogens with zero attached hydrogens (tertiary/aromatic N) is 4. The van der Waals surface area contributed by atoms with E-state index in [9.17, 15) is 20.1 Å². The zero-order valence-electron chi connectivity index (χ0n) is 16.2. The number of aromatic nitrogens is 4. The first-order valence-electron chi connectivity index (χ1n) is 9.37. The number of hydrogen-bond donors (Lipinski definition) is 4. The third-order valence-electron chi connectivity index (χ3n) is 5.01. The maximum absolute atomic E-state index is 12.7. The van der Waals surface area contributed by atoms with Crippen molar-refractivity contribution in [2.24, 2.45) is 7.05 Å². The van der Waals surface area contributed by atoms with E-state index in [0.717, 1.165) is 11.4 Å². The summed E-state index contributed by atoms with van der Waals surface area (Å²) in [6.45, 7) is -0.417. The molecule has 3 aromatic rings. The molecule has 10 nitrogen and oxygen atoms in total. The van der Waals surface area contributed by atoms with Crippen molar-refractivity contribution in [1.82, 2.24) is 14.8 Å². The van der Waals surface area contributed by atoms with E-state index in [1.807, 2.05) is 12.1 Å². The van der Waals surface area contributed by atoms with E-state index in [1.165, 1.54) is 17.1 Å². The van der Waals surface area contributed by atoms with E-state index in [0.29, 0.717) is 11.3 Å². The van der Waals surface area contributed by atoms with Crippen LogP contribution in [-0.2, 0) is 11.8 Å². The van der Waals surface area contributed by atoms with Gasteiger partial charge < -0.3 is 25.4 Å². The highest BCUT2D eigenvalue weighted by molar-refractivity contribution is 6.03. The van der Waals surface area contributed by atoms with Crippen LogP contribution in [0.3, 0.4) is 0 Å². The highest BCUT2D eigenvalue weighted by Gasteiger charge is 2.48. The quantitative estimate of drug-likeness (QED) is 0.420.